The summed E-state index contributed by atoms with van der Waals surface area (Å²) in [6.45, 7) is 5.70. The smallest absolute Gasteiger partial charge is 0.256 e. The lowest BCUT2D eigenvalue weighted by Crippen LogP contribution is -2.45. The molecule has 2 aliphatic heterocycles. The normalized spacial score (nSPS) is 18.8. The van der Waals surface area contributed by atoms with Crippen LogP contribution < -0.4 is 19.7 Å². The van der Waals surface area contributed by atoms with Crippen molar-refractivity contribution in [3.05, 3.63) is 48.5 Å². The molecule has 2 aromatic carbocycles. The van der Waals surface area contributed by atoms with E-state index in [1.807, 2.05) is 17.0 Å². The lowest BCUT2D eigenvalue weighted by Gasteiger charge is -2.33. The highest BCUT2D eigenvalue weighted by Gasteiger charge is 2.43. The second-order valence-corrected chi connectivity index (χ2v) is 9.71. The Kier molecular flexibility index (Phi) is 8.96. The quantitative estimate of drug-likeness (QED) is 0.475. The van der Waals surface area contributed by atoms with E-state index in [0.29, 0.717) is 34.5 Å². The van der Waals surface area contributed by atoms with Gasteiger partial charge in [-0.05, 0) is 80.8 Å². The fraction of sp³-hybridized carbons (Fsp3) is 0.444. The molecule has 37 heavy (non-hydrogen) atoms. The second-order valence-electron chi connectivity index (χ2n) is 9.34. The Morgan fingerprint density at radius 2 is 1.54 bits per heavy atom. The lowest BCUT2D eigenvalue weighted by molar-refractivity contribution is -0.124. The average Bonchev–Trinajstić information content (AvgIpc) is 3.14. The van der Waals surface area contributed by atoms with Crippen LogP contribution in [0.1, 0.15) is 12.8 Å². The van der Waals surface area contributed by atoms with Crippen LogP contribution in [0.5, 0.6) is 11.5 Å². The van der Waals surface area contributed by atoms with E-state index in [1.165, 1.54) is 4.90 Å². The fourth-order valence-electron chi connectivity index (χ4n) is 4.65. The van der Waals surface area contributed by atoms with E-state index in [0.717, 1.165) is 39.1 Å². The summed E-state index contributed by atoms with van der Waals surface area (Å²) >= 11 is 5.79. The van der Waals surface area contributed by atoms with Crippen LogP contribution in [0.3, 0.4) is 0 Å². The van der Waals surface area contributed by atoms with Gasteiger partial charge in [-0.25, -0.2) is 0 Å². The molecule has 0 unspecified atom stereocenters. The molecule has 0 aliphatic carbocycles. The Hall–Kier alpha value is -3.21. The van der Waals surface area contributed by atoms with Gasteiger partial charge in [-0.2, -0.15) is 0 Å². The molecule has 4 rings (SSSR count). The predicted molar refractivity (Wildman–Crippen MR) is 148 cm³/mol. The summed E-state index contributed by atoms with van der Waals surface area (Å²) in [5, 5.41) is 3.32. The molecule has 0 aromatic heterocycles. The minimum Gasteiger partial charge on any atom is -0.497 e. The first-order valence-corrected chi connectivity index (χ1v) is 12.9. The Labute approximate surface area is 223 Å². The largest absolute Gasteiger partial charge is 0.497 e. The number of likely N-dealkylation sites (N-methyl/N-ethyl adjacent to an activating group) is 1. The maximum Gasteiger partial charge on any atom is 0.256 e. The van der Waals surface area contributed by atoms with E-state index in [1.54, 1.807) is 50.6 Å². The first kappa shape index (κ1) is 26.8. The Morgan fingerprint density at radius 3 is 2.14 bits per heavy atom. The van der Waals surface area contributed by atoms with Crippen molar-refractivity contribution in [3.63, 3.8) is 0 Å². The highest BCUT2D eigenvalue weighted by atomic mass is 32.1. The number of thiocarbonyl (C=S) groups is 1. The molecule has 9 nitrogen and oxygen atoms in total. The maximum atomic E-state index is 13.6. The van der Waals surface area contributed by atoms with Crippen LogP contribution in [0.25, 0.3) is 0 Å². The van der Waals surface area contributed by atoms with E-state index in [4.69, 9.17) is 21.7 Å². The van der Waals surface area contributed by atoms with Crippen LogP contribution in [0.4, 0.5) is 11.4 Å². The SMILES string of the molecule is COc1ccc(NC(=O)C[C@H]2C(=O)N(c3ccc(OC)cc3)C(=S)N2CCCN2CCN(C)CC2)cc1. The van der Waals surface area contributed by atoms with Gasteiger partial charge in [-0.3, -0.25) is 14.5 Å². The number of hydrogen-bond acceptors (Lipinski definition) is 7. The summed E-state index contributed by atoms with van der Waals surface area (Å²) in [4.78, 5) is 34.8. The molecular weight excluding hydrogens is 490 g/mol. The molecule has 2 saturated heterocycles. The molecule has 1 atom stereocenters. The third kappa shape index (κ3) is 6.57. The first-order valence-electron chi connectivity index (χ1n) is 12.5. The third-order valence-corrected chi connectivity index (χ3v) is 7.29. The van der Waals surface area contributed by atoms with Crippen molar-refractivity contribution in [2.24, 2.45) is 0 Å². The van der Waals surface area contributed by atoms with Crippen LogP contribution in [0, 0.1) is 0 Å². The number of anilines is 2. The zero-order valence-electron chi connectivity index (χ0n) is 21.7. The van der Waals surface area contributed by atoms with Crippen molar-refractivity contribution in [1.82, 2.24) is 14.7 Å². The van der Waals surface area contributed by atoms with Crippen LogP contribution in [-0.2, 0) is 9.59 Å². The molecule has 2 aromatic rings. The maximum absolute atomic E-state index is 13.6. The van der Waals surface area contributed by atoms with Crippen LogP contribution in [0.2, 0.25) is 0 Å². The number of benzene rings is 2. The molecule has 0 bridgehead atoms. The number of amides is 2. The Balaban J connectivity index is 1.46. The van der Waals surface area contributed by atoms with E-state index in [2.05, 4.69) is 22.2 Å². The molecular formula is C27H35N5O4S. The van der Waals surface area contributed by atoms with Crippen LogP contribution in [-0.4, -0.2) is 98.2 Å². The summed E-state index contributed by atoms with van der Waals surface area (Å²) in [6.07, 6.45) is 0.857. The number of methoxy groups -OCH3 is 2. The van der Waals surface area contributed by atoms with Crippen LogP contribution in [0.15, 0.2) is 48.5 Å². The topological polar surface area (TPSA) is 77.6 Å². The molecule has 1 N–H and O–H groups in total. The van der Waals surface area contributed by atoms with Crippen molar-refractivity contribution >= 4 is 40.5 Å². The average molecular weight is 526 g/mol. The van der Waals surface area contributed by atoms with Gasteiger partial charge < -0.3 is 29.5 Å². The number of hydrogen-bond donors (Lipinski definition) is 1. The van der Waals surface area contributed by atoms with Crippen molar-refractivity contribution in [3.8, 4) is 11.5 Å². The van der Waals surface area contributed by atoms with Crippen molar-refractivity contribution < 1.29 is 19.1 Å². The van der Waals surface area contributed by atoms with Gasteiger partial charge in [0.05, 0.1) is 26.3 Å². The number of rotatable bonds is 10. The Bertz CT molecular complexity index is 1090. The molecule has 198 valence electrons. The zero-order chi connectivity index (χ0) is 26.4. The minimum absolute atomic E-state index is 0.00612. The Morgan fingerprint density at radius 1 is 0.946 bits per heavy atom. The van der Waals surface area contributed by atoms with Gasteiger partial charge in [0.15, 0.2) is 5.11 Å². The molecule has 0 saturated carbocycles. The number of carbonyl (C=O) groups excluding carboxylic acids is 2. The predicted octanol–water partition coefficient (Wildman–Crippen LogP) is 2.67. The number of carbonyl (C=O) groups is 2. The second kappa shape index (κ2) is 12.4. The zero-order valence-corrected chi connectivity index (χ0v) is 22.5. The van der Waals surface area contributed by atoms with E-state index in [-0.39, 0.29) is 18.2 Å². The third-order valence-electron chi connectivity index (χ3n) is 6.87. The van der Waals surface area contributed by atoms with Crippen molar-refractivity contribution in [1.29, 1.82) is 0 Å². The first-order chi connectivity index (χ1) is 17.9. The summed E-state index contributed by atoms with van der Waals surface area (Å²) < 4.78 is 10.4. The molecule has 2 fully saturated rings. The monoisotopic (exact) mass is 525 g/mol. The van der Waals surface area contributed by atoms with Gasteiger partial charge in [-0.15, -0.1) is 0 Å². The molecule has 0 radical (unpaired) electrons. The number of nitrogens with one attached hydrogen (secondary N) is 1. The molecule has 2 aliphatic rings. The lowest BCUT2D eigenvalue weighted by atomic mass is 10.1. The standard InChI is InChI=1S/C27H35N5O4S/c1-29-15-17-30(18-16-29)13-4-14-31-24(19-25(33)28-20-5-9-22(35-2)10-6-20)26(34)32(27(31)37)21-7-11-23(36-3)12-8-21/h5-12,24H,4,13-19H2,1-3H3,(H,28,33)/t24-/m0/s1. The van der Waals surface area contributed by atoms with Gasteiger partial charge in [-0.1, -0.05) is 0 Å². The van der Waals surface area contributed by atoms with Gasteiger partial charge in [0.25, 0.3) is 5.91 Å². The van der Waals surface area contributed by atoms with Gasteiger partial charge in [0, 0.05) is 38.4 Å². The molecule has 2 heterocycles. The summed E-state index contributed by atoms with van der Waals surface area (Å²) in [5.74, 6) is 0.961. The molecule has 10 heteroatoms. The number of nitrogens with zero attached hydrogens (tertiary/aromatic N) is 4. The van der Waals surface area contributed by atoms with E-state index in [9.17, 15) is 9.59 Å². The summed E-state index contributed by atoms with van der Waals surface area (Å²) in [5.41, 5.74) is 1.31. The minimum atomic E-state index is -0.666. The molecule has 0 spiro atoms. The van der Waals surface area contributed by atoms with E-state index < -0.39 is 6.04 Å². The molecule has 2 amide bonds. The van der Waals surface area contributed by atoms with Gasteiger partial charge in [0.2, 0.25) is 5.91 Å². The number of ether oxygens (including phenoxy) is 2. The van der Waals surface area contributed by atoms with Gasteiger partial charge >= 0.3 is 0 Å². The summed E-state index contributed by atoms with van der Waals surface area (Å²) in [6, 6.07) is 13.7. The van der Waals surface area contributed by atoms with E-state index >= 15 is 0 Å². The van der Waals surface area contributed by atoms with Gasteiger partial charge in [0.1, 0.15) is 17.5 Å². The summed E-state index contributed by atoms with van der Waals surface area (Å²) in [7, 11) is 5.33. The van der Waals surface area contributed by atoms with Crippen molar-refractivity contribution in [2.75, 3.05) is 70.8 Å². The number of piperazine rings is 1. The van der Waals surface area contributed by atoms with Crippen LogP contribution >= 0.6 is 12.2 Å². The highest BCUT2D eigenvalue weighted by Crippen LogP contribution is 2.29. The van der Waals surface area contributed by atoms with Crippen molar-refractivity contribution in [2.45, 2.75) is 18.9 Å². The highest BCUT2D eigenvalue weighted by molar-refractivity contribution is 7.80. The fourth-order valence-corrected chi connectivity index (χ4v) is 5.07.